The molecule has 4 heteroatoms. The van der Waals surface area contributed by atoms with Crippen molar-refractivity contribution in [3.63, 3.8) is 0 Å². The lowest BCUT2D eigenvalue weighted by atomic mass is 10.0. The fraction of sp³-hybridized carbons (Fsp3) is 0.889. The number of aliphatic hydroxyl groups is 1. The highest BCUT2D eigenvalue weighted by Crippen LogP contribution is 2.14. The average Bonchev–Trinajstić information content (AvgIpc) is 2.94. The highest BCUT2D eigenvalue weighted by molar-refractivity contribution is 5.85. The summed E-state index contributed by atoms with van der Waals surface area (Å²) in [4.78, 5) is 23.8. The van der Waals surface area contributed by atoms with Gasteiger partial charge in [0.05, 0.1) is 6.10 Å². The number of allylic oxidation sites excluding steroid dienone is 1. The van der Waals surface area contributed by atoms with Gasteiger partial charge < -0.3 is 9.84 Å². The van der Waals surface area contributed by atoms with Crippen molar-refractivity contribution in [3.8, 4) is 0 Å². The van der Waals surface area contributed by atoms with Crippen molar-refractivity contribution >= 4 is 11.9 Å². The molecule has 0 aromatic carbocycles. The van der Waals surface area contributed by atoms with Crippen molar-refractivity contribution in [1.29, 1.82) is 0 Å². The Hall–Kier alpha value is -1.16. The second-order valence-corrected chi connectivity index (χ2v) is 12.1. The second kappa shape index (κ2) is 32.4. The largest absolute Gasteiger partial charge is 0.393 e. The van der Waals surface area contributed by atoms with Crippen LogP contribution in [0.5, 0.6) is 0 Å². The molecule has 0 spiro atoms. The van der Waals surface area contributed by atoms with E-state index in [2.05, 4.69) is 26.0 Å². The molecule has 0 aliphatic heterocycles. The third-order valence-electron chi connectivity index (χ3n) is 7.93. The summed E-state index contributed by atoms with van der Waals surface area (Å²) in [5.74, 6) is -0.709. The number of hydrogen-bond acceptors (Lipinski definition) is 4. The van der Waals surface area contributed by atoms with Gasteiger partial charge in [-0.15, -0.1) is 0 Å². The van der Waals surface area contributed by atoms with Gasteiger partial charge >= 0.3 is 11.9 Å². The van der Waals surface area contributed by atoms with Crippen molar-refractivity contribution < 1.29 is 19.4 Å². The maximum Gasteiger partial charge on any atom is 0.313 e. The summed E-state index contributed by atoms with van der Waals surface area (Å²) in [7, 11) is 0. The summed E-state index contributed by atoms with van der Waals surface area (Å²) in [6.45, 7) is 4.48. The van der Waals surface area contributed by atoms with E-state index in [9.17, 15) is 14.7 Å². The molecule has 0 rings (SSSR count). The first-order valence-corrected chi connectivity index (χ1v) is 17.7. The molecule has 4 nitrogen and oxygen atoms in total. The van der Waals surface area contributed by atoms with Crippen LogP contribution in [0.4, 0.5) is 0 Å². The molecule has 0 saturated heterocycles. The second-order valence-electron chi connectivity index (χ2n) is 12.1. The van der Waals surface area contributed by atoms with Crippen LogP contribution in [0, 0.1) is 0 Å². The van der Waals surface area contributed by atoms with Crippen molar-refractivity contribution in [2.24, 2.45) is 0 Å². The van der Waals surface area contributed by atoms with Gasteiger partial charge in [0.1, 0.15) is 0 Å². The predicted octanol–water partition coefficient (Wildman–Crippen LogP) is 11.3. The van der Waals surface area contributed by atoms with Crippen molar-refractivity contribution in [3.05, 3.63) is 12.2 Å². The number of carbonyl (C=O) groups excluding carboxylic acids is 2. The lowest BCUT2D eigenvalue weighted by molar-refractivity contribution is -0.159. The van der Waals surface area contributed by atoms with E-state index in [4.69, 9.17) is 4.74 Å². The smallest absolute Gasteiger partial charge is 0.313 e. The number of unbranched alkanes of at least 4 members (excludes halogenated alkanes) is 22. The molecule has 0 aromatic rings. The number of rotatable bonds is 31. The average molecular weight is 565 g/mol. The molecule has 236 valence electrons. The Morgan fingerprint density at radius 2 is 0.900 bits per heavy atom. The van der Waals surface area contributed by atoms with Crippen LogP contribution in [-0.4, -0.2) is 23.1 Å². The minimum atomic E-state index is -0.359. The van der Waals surface area contributed by atoms with Gasteiger partial charge in [-0.2, -0.15) is 0 Å². The van der Waals surface area contributed by atoms with E-state index >= 15 is 0 Å². The van der Waals surface area contributed by atoms with Gasteiger partial charge in [-0.3, -0.25) is 9.59 Å². The van der Waals surface area contributed by atoms with E-state index in [1.165, 1.54) is 103 Å². The molecule has 0 unspecified atom stereocenters. The Balaban J connectivity index is 3.38. The molecule has 40 heavy (non-hydrogen) atoms. The maximum atomic E-state index is 11.9. The van der Waals surface area contributed by atoms with Crippen molar-refractivity contribution in [2.75, 3.05) is 0 Å². The van der Waals surface area contributed by atoms with E-state index in [1.807, 2.05) is 0 Å². The zero-order valence-corrected chi connectivity index (χ0v) is 26.9. The Kier molecular flexibility index (Phi) is 31.4. The molecule has 0 saturated carbocycles. The molecule has 0 fully saturated rings. The van der Waals surface area contributed by atoms with Crippen LogP contribution in [-0.2, 0) is 14.3 Å². The first kappa shape index (κ1) is 38.8. The maximum absolute atomic E-state index is 11.9. The van der Waals surface area contributed by atoms with Crippen LogP contribution in [0.1, 0.15) is 200 Å². The van der Waals surface area contributed by atoms with E-state index in [0.29, 0.717) is 12.8 Å². The quantitative estimate of drug-likeness (QED) is 0.0393. The van der Waals surface area contributed by atoms with Crippen molar-refractivity contribution in [1.82, 2.24) is 0 Å². The van der Waals surface area contributed by atoms with Crippen LogP contribution in [0.3, 0.4) is 0 Å². The van der Waals surface area contributed by atoms with Gasteiger partial charge in [-0.1, -0.05) is 161 Å². The summed E-state index contributed by atoms with van der Waals surface area (Å²) >= 11 is 0. The Labute approximate surface area is 249 Å². The van der Waals surface area contributed by atoms with Gasteiger partial charge in [0.15, 0.2) is 0 Å². The van der Waals surface area contributed by atoms with Crippen LogP contribution < -0.4 is 0 Å². The molecular formula is C36H68O4. The minimum absolute atomic E-state index is 0.191. The number of hydrogen-bond donors (Lipinski definition) is 1. The normalized spacial score (nSPS) is 12.3. The standard InChI is InChI=1S/C36H68O4/c1-3-5-7-9-10-11-12-13-14-15-16-17-21-24-28-32-35(38)40-36(39)33-29-25-22-19-18-20-23-27-31-34(37)30-26-8-6-4-2/h23,27,34,37H,3-22,24-26,28-33H2,1-2H3/b27-23-/t34-/m1/s1. The molecule has 0 aliphatic carbocycles. The van der Waals surface area contributed by atoms with Gasteiger partial charge in [-0.25, -0.2) is 0 Å². The molecule has 0 bridgehead atoms. The highest BCUT2D eigenvalue weighted by Gasteiger charge is 2.10. The summed E-state index contributed by atoms with van der Waals surface area (Å²) < 4.78 is 4.99. The molecule has 0 aromatic heterocycles. The molecule has 1 atom stereocenters. The van der Waals surface area contributed by atoms with Gasteiger partial charge in [-0.05, 0) is 38.5 Å². The van der Waals surface area contributed by atoms with Crippen LogP contribution >= 0.6 is 0 Å². The van der Waals surface area contributed by atoms with E-state index in [1.54, 1.807) is 0 Å². The summed E-state index contributed by atoms with van der Waals surface area (Å²) in [5, 5.41) is 9.97. The minimum Gasteiger partial charge on any atom is -0.393 e. The van der Waals surface area contributed by atoms with Crippen LogP contribution in [0.15, 0.2) is 12.2 Å². The molecule has 0 amide bonds. The SMILES string of the molecule is CCCCCCCCCCCCCCCCCC(=O)OC(=O)CCCCCCC/C=C\C[C@H](O)CCCCCC. The molecule has 0 heterocycles. The van der Waals surface area contributed by atoms with Gasteiger partial charge in [0, 0.05) is 12.8 Å². The lowest BCUT2D eigenvalue weighted by Crippen LogP contribution is -2.11. The Bertz CT molecular complexity index is 571. The third kappa shape index (κ3) is 31.4. The van der Waals surface area contributed by atoms with Crippen LogP contribution in [0.2, 0.25) is 0 Å². The van der Waals surface area contributed by atoms with Crippen LogP contribution in [0.25, 0.3) is 0 Å². The number of ether oxygens (including phenoxy) is 1. The topological polar surface area (TPSA) is 63.6 Å². The lowest BCUT2D eigenvalue weighted by Gasteiger charge is -2.07. The summed E-state index contributed by atoms with van der Waals surface area (Å²) in [6, 6.07) is 0. The van der Waals surface area contributed by atoms with E-state index in [0.717, 1.165) is 70.6 Å². The zero-order valence-electron chi connectivity index (χ0n) is 26.9. The molecule has 0 aliphatic rings. The number of aliphatic hydroxyl groups excluding tert-OH is 1. The highest BCUT2D eigenvalue weighted by atomic mass is 16.6. The Morgan fingerprint density at radius 1 is 0.525 bits per heavy atom. The van der Waals surface area contributed by atoms with E-state index < -0.39 is 0 Å². The van der Waals surface area contributed by atoms with E-state index in [-0.39, 0.29) is 18.0 Å². The fourth-order valence-corrected chi connectivity index (χ4v) is 5.23. The number of esters is 2. The predicted molar refractivity (Wildman–Crippen MR) is 171 cm³/mol. The summed E-state index contributed by atoms with van der Waals surface area (Å²) in [5.41, 5.74) is 0. The number of carbonyl (C=O) groups is 2. The van der Waals surface area contributed by atoms with Gasteiger partial charge in [0.2, 0.25) is 0 Å². The monoisotopic (exact) mass is 565 g/mol. The van der Waals surface area contributed by atoms with Gasteiger partial charge in [0.25, 0.3) is 0 Å². The molecular weight excluding hydrogens is 496 g/mol. The third-order valence-corrected chi connectivity index (χ3v) is 7.93. The van der Waals surface area contributed by atoms with Crippen molar-refractivity contribution in [2.45, 2.75) is 206 Å². The zero-order chi connectivity index (χ0) is 29.4. The first-order chi connectivity index (χ1) is 19.6. The summed E-state index contributed by atoms with van der Waals surface area (Å²) in [6.07, 6.45) is 37.1. The first-order valence-electron chi connectivity index (χ1n) is 17.7. The fourth-order valence-electron chi connectivity index (χ4n) is 5.23. The molecule has 1 N–H and O–H groups in total. The Morgan fingerprint density at radius 3 is 1.35 bits per heavy atom. The molecule has 0 radical (unpaired) electrons.